The quantitative estimate of drug-likeness (QED) is 0.713. The fourth-order valence-corrected chi connectivity index (χ4v) is 2.95. The zero-order valence-electron chi connectivity index (χ0n) is 13.9. The van der Waals surface area contributed by atoms with Crippen LogP contribution in [0.5, 0.6) is 11.5 Å². The maximum Gasteiger partial charge on any atom is 0.123 e. The van der Waals surface area contributed by atoms with Crippen molar-refractivity contribution in [2.45, 2.75) is 25.4 Å². The highest BCUT2D eigenvalue weighted by molar-refractivity contribution is 5.22. The van der Waals surface area contributed by atoms with Gasteiger partial charge in [-0.1, -0.05) is 18.2 Å². The molecule has 0 aromatic heterocycles. The van der Waals surface area contributed by atoms with Crippen molar-refractivity contribution in [2.24, 2.45) is 0 Å². The van der Waals surface area contributed by atoms with E-state index >= 15 is 0 Å². The molecule has 1 heterocycles. The van der Waals surface area contributed by atoms with Crippen LogP contribution in [0.2, 0.25) is 0 Å². The minimum Gasteiger partial charge on any atom is -0.494 e. The van der Waals surface area contributed by atoms with Gasteiger partial charge in [0.15, 0.2) is 0 Å². The van der Waals surface area contributed by atoms with Crippen LogP contribution in [0.1, 0.15) is 19.3 Å². The van der Waals surface area contributed by atoms with Crippen molar-refractivity contribution in [1.29, 1.82) is 0 Å². The SMILES string of the molecule is Fc1ccc(OCCCN2CCC(Oc3ccccc3)CC2)cc1. The number of halogens is 1. The Bertz CT molecular complexity index is 595. The maximum atomic E-state index is 12.8. The van der Waals surface area contributed by atoms with Gasteiger partial charge in [0.25, 0.3) is 0 Å². The van der Waals surface area contributed by atoms with Crippen molar-refractivity contribution in [3.63, 3.8) is 0 Å². The lowest BCUT2D eigenvalue weighted by Gasteiger charge is -2.32. The minimum absolute atomic E-state index is 0.233. The number of hydrogen-bond donors (Lipinski definition) is 0. The number of ether oxygens (including phenoxy) is 2. The highest BCUT2D eigenvalue weighted by Crippen LogP contribution is 2.19. The van der Waals surface area contributed by atoms with Gasteiger partial charge in [-0.2, -0.15) is 0 Å². The van der Waals surface area contributed by atoms with Crippen LogP contribution in [-0.2, 0) is 0 Å². The van der Waals surface area contributed by atoms with Gasteiger partial charge in [0.2, 0.25) is 0 Å². The molecule has 0 atom stereocenters. The molecule has 0 amide bonds. The third-order valence-corrected chi connectivity index (χ3v) is 4.28. The van der Waals surface area contributed by atoms with Gasteiger partial charge < -0.3 is 14.4 Å². The molecule has 1 aliphatic rings. The first-order valence-corrected chi connectivity index (χ1v) is 8.62. The van der Waals surface area contributed by atoms with E-state index in [9.17, 15) is 4.39 Å². The van der Waals surface area contributed by atoms with Crippen LogP contribution in [-0.4, -0.2) is 37.2 Å². The zero-order chi connectivity index (χ0) is 16.6. The molecule has 0 spiro atoms. The third-order valence-electron chi connectivity index (χ3n) is 4.28. The molecular weight excluding hydrogens is 305 g/mol. The largest absolute Gasteiger partial charge is 0.494 e. The second kappa shape index (κ2) is 8.69. The van der Waals surface area contributed by atoms with Gasteiger partial charge in [-0.15, -0.1) is 0 Å². The highest BCUT2D eigenvalue weighted by atomic mass is 19.1. The lowest BCUT2D eigenvalue weighted by atomic mass is 10.1. The summed E-state index contributed by atoms with van der Waals surface area (Å²) in [5.41, 5.74) is 0. The van der Waals surface area contributed by atoms with Gasteiger partial charge in [-0.25, -0.2) is 4.39 Å². The van der Waals surface area contributed by atoms with Crippen molar-refractivity contribution in [3.8, 4) is 11.5 Å². The molecule has 3 nitrogen and oxygen atoms in total. The Kier molecular flexibility index (Phi) is 6.07. The molecule has 3 rings (SSSR count). The van der Waals surface area contributed by atoms with E-state index in [1.165, 1.54) is 12.1 Å². The second-order valence-electron chi connectivity index (χ2n) is 6.13. The van der Waals surface area contributed by atoms with E-state index in [1.807, 2.05) is 30.3 Å². The van der Waals surface area contributed by atoms with Crippen LogP contribution >= 0.6 is 0 Å². The maximum absolute atomic E-state index is 12.8. The number of likely N-dealkylation sites (tertiary alicyclic amines) is 1. The molecule has 0 N–H and O–H groups in total. The monoisotopic (exact) mass is 329 g/mol. The minimum atomic E-state index is -0.233. The predicted octanol–water partition coefficient (Wildman–Crippen LogP) is 4.14. The molecule has 0 radical (unpaired) electrons. The number of benzene rings is 2. The number of nitrogens with zero attached hydrogens (tertiary/aromatic N) is 1. The van der Waals surface area contributed by atoms with E-state index < -0.39 is 0 Å². The van der Waals surface area contributed by atoms with Gasteiger partial charge in [-0.05, 0) is 55.7 Å². The molecule has 1 aliphatic heterocycles. The summed E-state index contributed by atoms with van der Waals surface area (Å²) >= 11 is 0. The Hall–Kier alpha value is -2.07. The third kappa shape index (κ3) is 5.24. The summed E-state index contributed by atoms with van der Waals surface area (Å²) in [6, 6.07) is 16.2. The zero-order valence-corrected chi connectivity index (χ0v) is 13.9. The van der Waals surface area contributed by atoms with Crippen LogP contribution in [0.3, 0.4) is 0 Å². The van der Waals surface area contributed by atoms with E-state index in [1.54, 1.807) is 12.1 Å². The first-order chi connectivity index (χ1) is 11.8. The molecule has 1 fully saturated rings. The van der Waals surface area contributed by atoms with Crippen LogP contribution in [0.15, 0.2) is 54.6 Å². The Morgan fingerprint density at radius 3 is 2.33 bits per heavy atom. The molecule has 24 heavy (non-hydrogen) atoms. The fraction of sp³-hybridized carbons (Fsp3) is 0.400. The van der Waals surface area contributed by atoms with Crippen LogP contribution in [0, 0.1) is 5.82 Å². The predicted molar refractivity (Wildman–Crippen MR) is 93.0 cm³/mol. The Balaban J connectivity index is 1.30. The van der Waals surface area contributed by atoms with Crippen molar-refractivity contribution in [2.75, 3.05) is 26.2 Å². The number of rotatable bonds is 7. The van der Waals surface area contributed by atoms with E-state index in [0.29, 0.717) is 12.7 Å². The average Bonchev–Trinajstić information content (AvgIpc) is 2.62. The van der Waals surface area contributed by atoms with Crippen molar-refractivity contribution >= 4 is 0 Å². The van der Waals surface area contributed by atoms with E-state index in [0.717, 1.165) is 50.4 Å². The molecule has 4 heteroatoms. The first-order valence-electron chi connectivity index (χ1n) is 8.62. The summed E-state index contributed by atoms with van der Waals surface area (Å²) in [6.07, 6.45) is 3.42. The van der Waals surface area contributed by atoms with E-state index in [2.05, 4.69) is 4.90 Å². The Labute approximate surface area is 143 Å². The lowest BCUT2D eigenvalue weighted by molar-refractivity contribution is 0.0972. The van der Waals surface area contributed by atoms with Crippen LogP contribution in [0.4, 0.5) is 4.39 Å². The normalized spacial score (nSPS) is 16.0. The van der Waals surface area contributed by atoms with Crippen LogP contribution in [0.25, 0.3) is 0 Å². The van der Waals surface area contributed by atoms with Crippen LogP contribution < -0.4 is 9.47 Å². The first kappa shape index (κ1) is 16.8. The summed E-state index contributed by atoms with van der Waals surface area (Å²) in [6.45, 7) is 3.81. The van der Waals surface area contributed by atoms with Gasteiger partial charge in [0.05, 0.1) is 6.61 Å². The van der Waals surface area contributed by atoms with Crippen molar-refractivity contribution in [1.82, 2.24) is 4.90 Å². The molecule has 1 saturated heterocycles. The van der Waals surface area contributed by atoms with Gasteiger partial charge in [0, 0.05) is 19.6 Å². The van der Waals surface area contributed by atoms with Gasteiger partial charge >= 0.3 is 0 Å². The molecule has 128 valence electrons. The van der Waals surface area contributed by atoms with Crippen molar-refractivity contribution < 1.29 is 13.9 Å². The van der Waals surface area contributed by atoms with Gasteiger partial charge in [0.1, 0.15) is 23.4 Å². The average molecular weight is 329 g/mol. The number of hydrogen-bond acceptors (Lipinski definition) is 3. The van der Waals surface area contributed by atoms with Crippen molar-refractivity contribution in [3.05, 3.63) is 60.4 Å². The summed E-state index contributed by atoms with van der Waals surface area (Å²) in [4.78, 5) is 2.46. The Morgan fingerprint density at radius 1 is 0.917 bits per heavy atom. The number of piperidine rings is 1. The number of para-hydroxylation sites is 1. The Morgan fingerprint density at radius 2 is 1.62 bits per heavy atom. The summed E-state index contributed by atoms with van der Waals surface area (Å²) < 4.78 is 24.5. The van der Waals surface area contributed by atoms with E-state index in [4.69, 9.17) is 9.47 Å². The topological polar surface area (TPSA) is 21.7 Å². The standard InChI is InChI=1S/C20H24FNO2/c21-17-7-9-18(10-8-17)23-16-4-13-22-14-11-20(12-15-22)24-19-5-2-1-3-6-19/h1-3,5-10,20H,4,11-16H2. The molecule has 0 aliphatic carbocycles. The fourth-order valence-electron chi connectivity index (χ4n) is 2.95. The second-order valence-corrected chi connectivity index (χ2v) is 6.13. The molecule has 0 unspecified atom stereocenters. The summed E-state index contributed by atoms with van der Waals surface area (Å²) in [5, 5.41) is 0. The molecule has 2 aromatic carbocycles. The summed E-state index contributed by atoms with van der Waals surface area (Å²) in [5.74, 6) is 1.46. The molecular formula is C20H24FNO2. The molecule has 2 aromatic rings. The van der Waals surface area contributed by atoms with Gasteiger partial charge in [-0.3, -0.25) is 0 Å². The highest BCUT2D eigenvalue weighted by Gasteiger charge is 2.20. The lowest BCUT2D eigenvalue weighted by Crippen LogP contribution is -2.39. The van der Waals surface area contributed by atoms with E-state index in [-0.39, 0.29) is 5.82 Å². The molecule has 0 saturated carbocycles. The molecule has 0 bridgehead atoms. The summed E-state index contributed by atoms with van der Waals surface area (Å²) in [7, 11) is 0. The smallest absolute Gasteiger partial charge is 0.123 e.